The van der Waals surface area contributed by atoms with Crippen LogP contribution in [0.3, 0.4) is 0 Å². The van der Waals surface area contributed by atoms with Crippen LogP contribution in [0.25, 0.3) is 0 Å². The number of hydrogen-bond acceptors (Lipinski definition) is 3. The molecule has 0 amide bonds. The first kappa shape index (κ1) is 11.4. The zero-order valence-electron chi connectivity index (χ0n) is 9.65. The van der Waals surface area contributed by atoms with E-state index in [0.29, 0.717) is 12.2 Å². The van der Waals surface area contributed by atoms with Gasteiger partial charge >= 0.3 is 0 Å². The van der Waals surface area contributed by atoms with E-state index in [0.717, 1.165) is 32.0 Å². The highest BCUT2D eigenvalue weighted by Crippen LogP contribution is 2.26. The van der Waals surface area contributed by atoms with Crippen molar-refractivity contribution >= 4 is 0 Å². The van der Waals surface area contributed by atoms with Gasteiger partial charge in [0.25, 0.3) is 0 Å². The third kappa shape index (κ3) is 3.16. The lowest BCUT2D eigenvalue weighted by Gasteiger charge is -2.27. The Morgan fingerprint density at radius 3 is 2.53 bits per heavy atom. The molecule has 88 valence electrons. The molecule has 2 N–H and O–H groups in total. The summed E-state index contributed by atoms with van der Waals surface area (Å²) in [5, 5.41) is 0. The minimum atomic E-state index is 0.234. The van der Waals surface area contributed by atoms with Crippen LogP contribution < -0.4 is 5.73 Å². The summed E-state index contributed by atoms with van der Waals surface area (Å²) in [6.07, 6.45) is 6.50. The molecule has 0 radical (unpaired) electrons. The van der Waals surface area contributed by atoms with Gasteiger partial charge in [-0.05, 0) is 44.9 Å². The van der Waals surface area contributed by atoms with Gasteiger partial charge in [0.05, 0.1) is 12.2 Å². The van der Waals surface area contributed by atoms with E-state index in [9.17, 15) is 0 Å². The summed E-state index contributed by atoms with van der Waals surface area (Å²) in [4.78, 5) is 0. The van der Waals surface area contributed by atoms with Gasteiger partial charge in [0.2, 0.25) is 0 Å². The first-order valence-electron chi connectivity index (χ1n) is 6.24. The molecule has 2 aliphatic heterocycles. The second-order valence-corrected chi connectivity index (χ2v) is 5.02. The third-order valence-electron chi connectivity index (χ3n) is 3.69. The van der Waals surface area contributed by atoms with E-state index in [1.807, 2.05) is 0 Å². The highest BCUT2D eigenvalue weighted by atomic mass is 16.5. The Hall–Kier alpha value is -0.120. The Kier molecular flexibility index (Phi) is 4.00. The Bertz CT molecular complexity index is 192. The fraction of sp³-hybridized carbons (Fsp3) is 1.00. The monoisotopic (exact) mass is 213 g/mol. The van der Waals surface area contributed by atoms with Gasteiger partial charge in [-0.25, -0.2) is 0 Å². The zero-order valence-corrected chi connectivity index (χ0v) is 9.65. The maximum atomic E-state index is 6.21. The van der Waals surface area contributed by atoms with Crippen molar-refractivity contribution in [2.75, 3.05) is 13.2 Å². The molecule has 0 aromatic carbocycles. The van der Waals surface area contributed by atoms with E-state index < -0.39 is 0 Å². The lowest BCUT2D eigenvalue weighted by atomic mass is 9.90. The normalized spacial score (nSPS) is 35.6. The molecule has 3 unspecified atom stereocenters. The van der Waals surface area contributed by atoms with E-state index in [-0.39, 0.29) is 6.04 Å². The number of hydrogen-bond donors (Lipinski definition) is 1. The highest BCUT2D eigenvalue weighted by Gasteiger charge is 2.29. The van der Waals surface area contributed by atoms with Crippen molar-refractivity contribution in [1.29, 1.82) is 0 Å². The topological polar surface area (TPSA) is 44.5 Å². The second kappa shape index (κ2) is 5.28. The Labute approximate surface area is 92.3 Å². The van der Waals surface area contributed by atoms with Crippen LogP contribution in [0.4, 0.5) is 0 Å². The lowest BCUT2D eigenvalue weighted by Crippen LogP contribution is -2.37. The minimum absolute atomic E-state index is 0.234. The fourth-order valence-electron chi connectivity index (χ4n) is 2.67. The van der Waals surface area contributed by atoms with Gasteiger partial charge < -0.3 is 15.2 Å². The molecule has 2 heterocycles. The van der Waals surface area contributed by atoms with E-state index in [1.165, 1.54) is 19.3 Å². The summed E-state index contributed by atoms with van der Waals surface area (Å²) in [5.41, 5.74) is 6.21. The van der Waals surface area contributed by atoms with Crippen LogP contribution in [0.1, 0.15) is 39.0 Å². The summed E-state index contributed by atoms with van der Waals surface area (Å²) in [6, 6.07) is 0.234. The van der Waals surface area contributed by atoms with Crippen molar-refractivity contribution < 1.29 is 9.47 Å². The maximum absolute atomic E-state index is 6.21. The average Bonchev–Trinajstić information content (AvgIpc) is 2.66. The average molecular weight is 213 g/mol. The SMILES string of the molecule is CC1CCC(C(N)CC2CCOCC2)O1. The quantitative estimate of drug-likeness (QED) is 0.776. The molecule has 15 heavy (non-hydrogen) atoms. The number of ether oxygens (including phenoxy) is 2. The van der Waals surface area contributed by atoms with Gasteiger partial charge in [-0.15, -0.1) is 0 Å². The Morgan fingerprint density at radius 1 is 1.20 bits per heavy atom. The molecular formula is C12H23NO2. The first-order valence-corrected chi connectivity index (χ1v) is 6.24. The van der Waals surface area contributed by atoms with E-state index >= 15 is 0 Å². The molecule has 0 saturated carbocycles. The van der Waals surface area contributed by atoms with Crippen LogP contribution in [0.15, 0.2) is 0 Å². The summed E-state index contributed by atoms with van der Waals surface area (Å²) < 4.78 is 11.2. The fourth-order valence-corrected chi connectivity index (χ4v) is 2.67. The standard InChI is InChI=1S/C12H23NO2/c1-9-2-3-12(15-9)11(13)8-10-4-6-14-7-5-10/h9-12H,2-8,13H2,1H3. The Balaban J connectivity index is 1.73. The molecule has 0 aliphatic carbocycles. The van der Waals surface area contributed by atoms with Crippen LogP contribution in [0.2, 0.25) is 0 Å². The van der Waals surface area contributed by atoms with Crippen molar-refractivity contribution in [1.82, 2.24) is 0 Å². The van der Waals surface area contributed by atoms with Crippen molar-refractivity contribution in [3.63, 3.8) is 0 Å². The van der Waals surface area contributed by atoms with Crippen LogP contribution >= 0.6 is 0 Å². The van der Waals surface area contributed by atoms with Gasteiger partial charge in [-0.2, -0.15) is 0 Å². The van der Waals surface area contributed by atoms with Crippen molar-refractivity contribution in [3.8, 4) is 0 Å². The largest absolute Gasteiger partial charge is 0.381 e. The van der Waals surface area contributed by atoms with Crippen LogP contribution in [-0.2, 0) is 9.47 Å². The molecule has 3 atom stereocenters. The molecule has 2 rings (SSSR count). The molecule has 0 spiro atoms. The summed E-state index contributed by atoms with van der Waals surface area (Å²) in [6.45, 7) is 3.97. The molecule has 2 saturated heterocycles. The lowest BCUT2D eigenvalue weighted by molar-refractivity contribution is 0.0225. The smallest absolute Gasteiger partial charge is 0.0730 e. The highest BCUT2D eigenvalue weighted by molar-refractivity contribution is 4.82. The van der Waals surface area contributed by atoms with E-state index in [1.54, 1.807) is 0 Å². The van der Waals surface area contributed by atoms with Gasteiger partial charge in [0.1, 0.15) is 0 Å². The molecule has 3 nitrogen and oxygen atoms in total. The van der Waals surface area contributed by atoms with Crippen molar-refractivity contribution in [3.05, 3.63) is 0 Å². The van der Waals surface area contributed by atoms with Crippen molar-refractivity contribution in [2.24, 2.45) is 11.7 Å². The molecule has 0 bridgehead atoms. The van der Waals surface area contributed by atoms with Gasteiger partial charge in [-0.3, -0.25) is 0 Å². The van der Waals surface area contributed by atoms with E-state index in [2.05, 4.69) is 6.92 Å². The molecule has 3 heteroatoms. The maximum Gasteiger partial charge on any atom is 0.0730 e. The number of rotatable bonds is 3. The molecule has 2 aliphatic rings. The van der Waals surface area contributed by atoms with Gasteiger partial charge in [0.15, 0.2) is 0 Å². The predicted molar refractivity (Wildman–Crippen MR) is 59.7 cm³/mol. The molecule has 2 fully saturated rings. The minimum Gasteiger partial charge on any atom is -0.381 e. The first-order chi connectivity index (χ1) is 7.25. The van der Waals surface area contributed by atoms with Crippen LogP contribution in [0.5, 0.6) is 0 Å². The van der Waals surface area contributed by atoms with Gasteiger partial charge in [-0.1, -0.05) is 0 Å². The van der Waals surface area contributed by atoms with Crippen molar-refractivity contribution in [2.45, 2.75) is 57.3 Å². The van der Waals surface area contributed by atoms with Gasteiger partial charge in [0, 0.05) is 19.3 Å². The predicted octanol–water partition coefficient (Wildman–Crippen LogP) is 1.70. The van der Waals surface area contributed by atoms with E-state index in [4.69, 9.17) is 15.2 Å². The van der Waals surface area contributed by atoms with Crippen LogP contribution in [0, 0.1) is 5.92 Å². The molecule has 0 aromatic heterocycles. The Morgan fingerprint density at radius 2 is 1.93 bits per heavy atom. The van der Waals surface area contributed by atoms with Crippen LogP contribution in [-0.4, -0.2) is 31.5 Å². The molecular weight excluding hydrogens is 190 g/mol. The summed E-state index contributed by atoms with van der Waals surface area (Å²) in [5.74, 6) is 0.758. The third-order valence-corrected chi connectivity index (χ3v) is 3.69. The molecule has 0 aromatic rings. The summed E-state index contributed by atoms with van der Waals surface area (Å²) in [7, 11) is 0. The summed E-state index contributed by atoms with van der Waals surface area (Å²) >= 11 is 0. The second-order valence-electron chi connectivity index (χ2n) is 5.02. The number of nitrogens with two attached hydrogens (primary N) is 1. The zero-order chi connectivity index (χ0) is 10.7.